The lowest BCUT2D eigenvalue weighted by atomic mass is 9.75. The van der Waals surface area contributed by atoms with Crippen LogP contribution in [0, 0.1) is 0 Å². The molecule has 126 valence electrons. The molecule has 4 rings (SSSR count). The van der Waals surface area contributed by atoms with Gasteiger partial charge < -0.3 is 10.2 Å². The van der Waals surface area contributed by atoms with Crippen molar-refractivity contribution in [3.63, 3.8) is 0 Å². The van der Waals surface area contributed by atoms with Crippen LogP contribution in [0.5, 0.6) is 0 Å². The molecule has 0 bridgehead atoms. The van der Waals surface area contributed by atoms with E-state index in [0.717, 1.165) is 11.1 Å². The predicted molar refractivity (Wildman–Crippen MR) is 96.0 cm³/mol. The smallest absolute Gasteiger partial charge is 0.119 e. The highest BCUT2D eigenvalue weighted by Crippen LogP contribution is 2.44. The fourth-order valence-electron chi connectivity index (χ4n) is 3.56. The highest BCUT2D eigenvalue weighted by molar-refractivity contribution is 5.37. The van der Waals surface area contributed by atoms with Gasteiger partial charge in [0.2, 0.25) is 0 Å². The summed E-state index contributed by atoms with van der Waals surface area (Å²) in [5.41, 5.74) is 1.48. The van der Waals surface area contributed by atoms with Gasteiger partial charge in [0, 0.05) is 0 Å². The molecule has 0 amide bonds. The molecule has 2 N–H and O–H groups in total. The van der Waals surface area contributed by atoms with Crippen molar-refractivity contribution < 1.29 is 10.2 Å². The maximum atomic E-state index is 11.2. The summed E-state index contributed by atoms with van der Waals surface area (Å²) >= 11 is 0. The molecule has 2 aromatic rings. The van der Waals surface area contributed by atoms with E-state index in [4.69, 9.17) is 0 Å². The fourth-order valence-corrected chi connectivity index (χ4v) is 3.56. The van der Waals surface area contributed by atoms with Crippen molar-refractivity contribution >= 4 is 0 Å². The van der Waals surface area contributed by atoms with E-state index in [2.05, 4.69) is 24.3 Å². The van der Waals surface area contributed by atoms with E-state index in [1.165, 1.54) is 36.8 Å². The van der Waals surface area contributed by atoms with Crippen LogP contribution in [0.15, 0.2) is 48.5 Å². The summed E-state index contributed by atoms with van der Waals surface area (Å²) in [6, 6.07) is 16.2. The normalized spacial score (nSPS) is 22.7. The first-order valence-corrected chi connectivity index (χ1v) is 9.05. The SMILES string of the molecule is CC(O)(c1ccc(C2CC2)cc1)C(C)(O)c1ccc(C2CC2)cc1. The zero-order valence-corrected chi connectivity index (χ0v) is 14.5. The molecule has 0 radical (unpaired) electrons. The third-order valence-corrected chi connectivity index (χ3v) is 5.99. The molecule has 2 aromatic carbocycles. The molecule has 2 atom stereocenters. The molecule has 2 heteroatoms. The van der Waals surface area contributed by atoms with Gasteiger partial charge in [-0.3, -0.25) is 0 Å². The van der Waals surface area contributed by atoms with Crippen molar-refractivity contribution in [2.75, 3.05) is 0 Å². The molecular formula is C22H26O2. The van der Waals surface area contributed by atoms with Gasteiger partial charge in [0.1, 0.15) is 11.2 Å². The lowest BCUT2D eigenvalue weighted by molar-refractivity contribution is -0.143. The standard InChI is InChI=1S/C22H26O2/c1-21(23,19-11-7-17(8-12-19)15-3-4-15)22(2,24)20-13-9-18(10-14-20)16-5-6-16/h7-16,23-24H,3-6H2,1-2H3. The van der Waals surface area contributed by atoms with Gasteiger partial charge in [-0.1, -0.05) is 48.5 Å². The van der Waals surface area contributed by atoms with Crippen molar-refractivity contribution in [1.82, 2.24) is 0 Å². The fraction of sp³-hybridized carbons (Fsp3) is 0.455. The molecule has 0 saturated heterocycles. The molecule has 2 nitrogen and oxygen atoms in total. The van der Waals surface area contributed by atoms with Crippen molar-refractivity contribution in [2.24, 2.45) is 0 Å². The number of benzene rings is 2. The van der Waals surface area contributed by atoms with Crippen molar-refractivity contribution in [2.45, 2.75) is 62.6 Å². The van der Waals surface area contributed by atoms with E-state index in [1.807, 2.05) is 24.3 Å². The van der Waals surface area contributed by atoms with Crippen molar-refractivity contribution in [3.05, 3.63) is 70.8 Å². The van der Waals surface area contributed by atoms with Crippen molar-refractivity contribution in [1.29, 1.82) is 0 Å². The zero-order chi connectivity index (χ0) is 16.9. The van der Waals surface area contributed by atoms with Crippen LogP contribution < -0.4 is 0 Å². The molecule has 0 aliphatic heterocycles. The van der Waals surface area contributed by atoms with Gasteiger partial charge in [-0.15, -0.1) is 0 Å². The van der Waals surface area contributed by atoms with Crippen LogP contribution in [0.1, 0.15) is 73.6 Å². The summed E-state index contributed by atoms with van der Waals surface area (Å²) in [6.45, 7) is 3.40. The Morgan fingerprint density at radius 2 is 0.917 bits per heavy atom. The van der Waals surface area contributed by atoms with Crippen LogP contribution in [-0.4, -0.2) is 10.2 Å². The highest BCUT2D eigenvalue weighted by atomic mass is 16.4. The van der Waals surface area contributed by atoms with Gasteiger partial charge in [0.25, 0.3) is 0 Å². The van der Waals surface area contributed by atoms with E-state index in [0.29, 0.717) is 11.8 Å². The Balaban J connectivity index is 1.62. The molecule has 0 spiro atoms. The summed E-state index contributed by atoms with van der Waals surface area (Å²) in [4.78, 5) is 0. The second kappa shape index (κ2) is 5.44. The minimum absolute atomic E-state index is 0.694. The van der Waals surface area contributed by atoms with Crippen LogP contribution >= 0.6 is 0 Å². The van der Waals surface area contributed by atoms with E-state index in [-0.39, 0.29) is 0 Å². The minimum Gasteiger partial charge on any atom is -0.382 e. The van der Waals surface area contributed by atoms with Gasteiger partial charge >= 0.3 is 0 Å². The van der Waals surface area contributed by atoms with E-state index in [9.17, 15) is 10.2 Å². The molecular weight excluding hydrogens is 296 g/mol. The van der Waals surface area contributed by atoms with E-state index < -0.39 is 11.2 Å². The average Bonchev–Trinajstić information content (AvgIpc) is 3.48. The number of hydrogen-bond acceptors (Lipinski definition) is 2. The first-order valence-electron chi connectivity index (χ1n) is 9.05. The first kappa shape index (κ1) is 15.9. The second-order valence-corrected chi connectivity index (χ2v) is 7.94. The quantitative estimate of drug-likeness (QED) is 0.847. The molecule has 24 heavy (non-hydrogen) atoms. The molecule has 2 aliphatic rings. The Kier molecular flexibility index (Phi) is 3.59. The lowest BCUT2D eigenvalue weighted by Crippen LogP contribution is -2.45. The third kappa shape index (κ3) is 2.68. The summed E-state index contributed by atoms with van der Waals surface area (Å²) in [7, 11) is 0. The molecule has 0 heterocycles. The highest BCUT2D eigenvalue weighted by Gasteiger charge is 2.44. The molecule has 0 aromatic heterocycles. The topological polar surface area (TPSA) is 40.5 Å². The average molecular weight is 322 g/mol. The molecule has 2 saturated carbocycles. The monoisotopic (exact) mass is 322 g/mol. The Morgan fingerprint density at radius 3 is 1.17 bits per heavy atom. The summed E-state index contributed by atoms with van der Waals surface area (Å²) < 4.78 is 0. The van der Waals surface area contributed by atoms with Crippen LogP contribution in [0.25, 0.3) is 0 Å². The predicted octanol–water partition coefficient (Wildman–Crippen LogP) is 4.56. The molecule has 2 aliphatic carbocycles. The van der Waals surface area contributed by atoms with Crippen LogP contribution in [0.3, 0.4) is 0 Å². The maximum Gasteiger partial charge on any atom is 0.119 e. The second-order valence-electron chi connectivity index (χ2n) is 7.94. The van der Waals surface area contributed by atoms with E-state index in [1.54, 1.807) is 13.8 Å². The van der Waals surface area contributed by atoms with Gasteiger partial charge in [0.05, 0.1) is 0 Å². The summed E-state index contributed by atoms with van der Waals surface area (Å²) in [5, 5.41) is 22.3. The summed E-state index contributed by atoms with van der Waals surface area (Å²) in [5.74, 6) is 1.39. The van der Waals surface area contributed by atoms with E-state index >= 15 is 0 Å². The summed E-state index contributed by atoms with van der Waals surface area (Å²) in [6.07, 6.45) is 5.06. The Hall–Kier alpha value is -1.64. The third-order valence-electron chi connectivity index (χ3n) is 5.99. The molecule has 2 unspecified atom stereocenters. The van der Waals surface area contributed by atoms with Crippen LogP contribution in [0.2, 0.25) is 0 Å². The Labute approximate surface area is 144 Å². The van der Waals surface area contributed by atoms with Gasteiger partial charge in [0.15, 0.2) is 0 Å². The zero-order valence-electron chi connectivity index (χ0n) is 14.5. The van der Waals surface area contributed by atoms with Crippen LogP contribution in [0.4, 0.5) is 0 Å². The minimum atomic E-state index is -1.35. The number of hydrogen-bond donors (Lipinski definition) is 2. The van der Waals surface area contributed by atoms with Gasteiger partial charge in [-0.25, -0.2) is 0 Å². The number of rotatable bonds is 5. The Bertz CT molecular complexity index is 652. The first-order chi connectivity index (χ1) is 11.4. The van der Waals surface area contributed by atoms with Gasteiger partial charge in [-0.05, 0) is 73.6 Å². The largest absolute Gasteiger partial charge is 0.382 e. The lowest BCUT2D eigenvalue weighted by Gasteiger charge is -2.39. The molecule has 2 fully saturated rings. The number of aliphatic hydroxyl groups is 2. The van der Waals surface area contributed by atoms with Crippen LogP contribution in [-0.2, 0) is 11.2 Å². The maximum absolute atomic E-state index is 11.2. The van der Waals surface area contributed by atoms with Gasteiger partial charge in [-0.2, -0.15) is 0 Å². The van der Waals surface area contributed by atoms with Crippen molar-refractivity contribution in [3.8, 4) is 0 Å². The Morgan fingerprint density at radius 1 is 0.625 bits per heavy atom.